The zero-order valence-electron chi connectivity index (χ0n) is 16.1. The summed E-state index contributed by atoms with van der Waals surface area (Å²) < 4.78 is 5.14. The predicted octanol–water partition coefficient (Wildman–Crippen LogP) is 4.20. The first-order chi connectivity index (χ1) is 14.4. The minimum Gasteiger partial charge on any atom is -0.462 e. The summed E-state index contributed by atoms with van der Waals surface area (Å²) in [4.78, 5) is 37.9. The van der Waals surface area contributed by atoms with Crippen molar-refractivity contribution in [2.24, 2.45) is 5.10 Å². The lowest BCUT2D eigenvalue weighted by molar-refractivity contribution is -0.136. The van der Waals surface area contributed by atoms with Gasteiger partial charge in [-0.15, -0.1) is 11.3 Å². The third-order valence-electron chi connectivity index (χ3n) is 4.44. The first kappa shape index (κ1) is 22.3. The van der Waals surface area contributed by atoms with E-state index >= 15 is 0 Å². The highest BCUT2D eigenvalue weighted by Crippen LogP contribution is 2.38. The fourth-order valence-corrected chi connectivity index (χ4v) is 4.69. The highest BCUT2D eigenvalue weighted by molar-refractivity contribution is 7.17. The van der Waals surface area contributed by atoms with Crippen LogP contribution in [0.15, 0.2) is 23.3 Å². The summed E-state index contributed by atoms with van der Waals surface area (Å²) in [6.45, 7) is 1.94. The Hall–Kier alpha value is -2.42. The normalized spacial score (nSPS) is 13.0. The van der Waals surface area contributed by atoms with Crippen LogP contribution in [0.5, 0.6) is 0 Å². The molecule has 1 heterocycles. The van der Waals surface area contributed by atoms with Gasteiger partial charge in [-0.05, 0) is 44.2 Å². The van der Waals surface area contributed by atoms with E-state index in [2.05, 4.69) is 15.8 Å². The number of carbonyl (C=O) groups excluding carboxylic acids is 3. The number of halogens is 2. The predicted molar refractivity (Wildman–Crippen MR) is 118 cm³/mol. The Kier molecular flexibility index (Phi) is 7.47. The highest BCUT2D eigenvalue weighted by atomic mass is 35.5. The standard InChI is InChI=1S/C20H19Cl2N3O4S/c1-2-29-20(28)15-12-7-3-4-9-14(12)30-19(15)24-17(26)18(27)25-23-10-11-6-5-8-13(21)16(11)22/h5-6,8,10H,2-4,7,9H2,1H3,(H,24,26)(H,25,27)/b23-10+. The number of nitrogens with zero attached hydrogens (tertiary/aromatic N) is 1. The molecule has 2 N–H and O–H groups in total. The monoisotopic (exact) mass is 467 g/mol. The molecule has 0 aliphatic heterocycles. The topological polar surface area (TPSA) is 96.9 Å². The molecule has 0 saturated heterocycles. The zero-order valence-corrected chi connectivity index (χ0v) is 18.4. The molecule has 30 heavy (non-hydrogen) atoms. The molecule has 0 radical (unpaired) electrons. The maximum Gasteiger partial charge on any atom is 0.341 e. The lowest BCUT2D eigenvalue weighted by Gasteiger charge is -2.12. The van der Waals surface area contributed by atoms with Crippen molar-refractivity contribution in [1.29, 1.82) is 0 Å². The van der Waals surface area contributed by atoms with E-state index in [0.29, 0.717) is 21.2 Å². The molecule has 1 aliphatic carbocycles. The van der Waals surface area contributed by atoms with E-state index in [1.807, 2.05) is 0 Å². The lowest BCUT2D eigenvalue weighted by Crippen LogP contribution is -2.32. The molecule has 1 aromatic heterocycles. The van der Waals surface area contributed by atoms with Crippen LogP contribution in [-0.2, 0) is 27.2 Å². The number of aryl methyl sites for hydroxylation is 1. The number of nitrogens with one attached hydrogen (secondary N) is 2. The molecule has 0 spiro atoms. The number of benzene rings is 1. The summed E-state index contributed by atoms with van der Waals surface area (Å²) in [5, 5.41) is 7.21. The number of hydrogen-bond acceptors (Lipinski definition) is 6. The Balaban J connectivity index is 1.71. The molecule has 1 aromatic carbocycles. The quantitative estimate of drug-likeness (QED) is 0.298. The van der Waals surface area contributed by atoms with Crippen molar-refractivity contribution in [2.75, 3.05) is 11.9 Å². The summed E-state index contributed by atoms with van der Waals surface area (Å²) in [5.74, 6) is -2.42. The average molecular weight is 468 g/mol. The fourth-order valence-electron chi connectivity index (χ4n) is 3.06. The van der Waals surface area contributed by atoms with E-state index in [9.17, 15) is 14.4 Å². The number of hydrazone groups is 1. The van der Waals surface area contributed by atoms with Gasteiger partial charge in [0.2, 0.25) is 0 Å². The maximum absolute atomic E-state index is 12.4. The van der Waals surface area contributed by atoms with Gasteiger partial charge in [-0.2, -0.15) is 5.10 Å². The minimum atomic E-state index is -0.981. The second kappa shape index (κ2) is 10.1. The molecule has 0 saturated carbocycles. The van der Waals surface area contributed by atoms with Crippen LogP contribution in [0, 0.1) is 0 Å². The van der Waals surface area contributed by atoms with Crippen LogP contribution in [0.4, 0.5) is 5.00 Å². The van der Waals surface area contributed by atoms with Crippen molar-refractivity contribution in [3.8, 4) is 0 Å². The van der Waals surface area contributed by atoms with E-state index in [1.165, 1.54) is 17.6 Å². The van der Waals surface area contributed by atoms with Crippen LogP contribution >= 0.6 is 34.5 Å². The zero-order chi connectivity index (χ0) is 21.7. The average Bonchev–Trinajstić information content (AvgIpc) is 3.09. The molecular formula is C20H19Cl2N3O4S. The van der Waals surface area contributed by atoms with E-state index < -0.39 is 17.8 Å². The number of ether oxygens (including phenoxy) is 1. The summed E-state index contributed by atoms with van der Waals surface area (Å²) in [7, 11) is 0. The van der Waals surface area contributed by atoms with Gasteiger partial charge in [-0.1, -0.05) is 35.3 Å². The second-order valence-electron chi connectivity index (χ2n) is 6.43. The van der Waals surface area contributed by atoms with Gasteiger partial charge in [-0.3, -0.25) is 9.59 Å². The number of rotatable bonds is 5. The minimum absolute atomic E-state index is 0.220. The van der Waals surface area contributed by atoms with Crippen molar-refractivity contribution in [1.82, 2.24) is 5.43 Å². The molecule has 7 nitrogen and oxygen atoms in total. The van der Waals surface area contributed by atoms with Crippen molar-refractivity contribution in [3.63, 3.8) is 0 Å². The smallest absolute Gasteiger partial charge is 0.341 e. The molecule has 0 fully saturated rings. The van der Waals surface area contributed by atoms with Gasteiger partial charge in [0, 0.05) is 10.4 Å². The van der Waals surface area contributed by atoms with Gasteiger partial charge in [0.15, 0.2) is 0 Å². The number of hydrogen-bond donors (Lipinski definition) is 2. The van der Waals surface area contributed by atoms with E-state index in [1.54, 1.807) is 25.1 Å². The first-order valence-electron chi connectivity index (χ1n) is 9.32. The van der Waals surface area contributed by atoms with E-state index in [0.717, 1.165) is 36.1 Å². The third-order valence-corrected chi connectivity index (χ3v) is 6.48. The summed E-state index contributed by atoms with van der Waals surface area (Å²) in [6.07, 6.45) is 4.84. The fraction of sp³-hybridized carbons (Fsp3) is 0.300. The van der Waals surface area contributed by atoms with Gasteiger partial charge in [0.25, 0.3) is 0 Å². The summed E-state index contributed by atoms with van der Waals surface area (Å²) in [5.41, 5.74) is 3.86. The molecule has 158 valence electrons. The number of fused-ring (bicyclic) bond motifs is 1. The SMILES string of the molecule is CCOC(=O)c1c(NC(=O)C(=O)N/N=C/c2cccc(Cl)c2Cl)sc2c1CCCC2. The number of esters is 1. The van der Waals surface area contributed by atoms with Crippen molar-refractivity contribution < 1.29 is 19.1 Å². The highest BCUT2D eigenvalue weighted by Gasteiger charge is 2.28. The Morgan fingerprint density at radius 1 is 1.20 bits per heavy atom. The molecule has 2 aromatic rings. The Morgan fingerprint density at radius 2 is 1.97 bits per heavy atom. The number of thiophene rings is 1. The van der Waals surface area contributed by atoms with Crippen molar-refractivity contribution >= 4 is 63.5 Å². The van der Waals surface area contributed by atoms with Gasteiger partial charge in [0.05, 0.1) is 28.4 Å². The largest absolute Gasteiger partial charge is 0.462 e. The molecule has 2 amide bonds. The second-order valence-corrected chi connectivity index (χ2v) is 8.32. The van der Waals surface area contributed by atoms with Crippen molar-refractivity contribution in [2.45, 2.75) is 32.6 Å². The molecule has 3 rings (SSSR count). The number of carbonyl (C=O) groups is 3. The molecule has 0 unspecified atom stereocenters. The van der Waals surface area contributed by atoms with Gasteiger partial charge in [-0.25, -0.2) is 10.2 Å². The Labute approximate surface area is 187 Å². The summed E-state index contributed by atoms with van der Waals surface area (Å²) in [6, 6.07) is 4.96. The van der Waals surface area contributed by atoms with Gasteiger partial charge < -0.3 is 10.1 Å². The van der Waals surface area contributed by atoms with Crippen LogP contribution in [0.1, 0.15) is 46.1 Å². The summed E-state index contributed by atoms with van der Waals surface area (Å²) >= 11 is 13.3. The lowest BCUT2D eigenvalue weighted by atomic mass is 9.95. The third kappa shape index (κ3) is 5.00. The van der Waals surface area contributed by atoms with Gasteiger partial charge in [0.1, 0.15) is 5.00 Å². The maximum atomic E-state index is 12.4. The van der Waals surface area contributed by atoms with E-state index in [4.69, 9.17) is 27.9 Å². The Bertz CT molecular complexity index is 1020. The Morgan fingerprint density at radius 3 is 2.73 bits per heavy atom. The number of amides is 2. The molecule has 0 atom stereocenters. The van der Waals surface area contributed by atoms with E-state index in [-0.39, 0.29) is 11.6 Å². The van der Waals surface area contributed by atoms with Crippen LogP contribution < -0.4 is 10.7 Å². The van der Waals surface area contributed by atoms with Crippen LogP contribution in [0.25, 0.3) is 0 Å². The molecule has 0 bridgehead atoms. The molecular weight excluding hydrogens is 449 g/mol. The van der Waals surface area contributed by atoms with Crippen LogP contribution in [0.3, 0.4) is 0 Å². The molecule has 10 heteroatoms. The first-order valence-corrected chi connectivity index (χ1v) is 10.9. The van der Waals surface area contributed by atoms with Crippen LogP contribution in [-0.4, -0.2) is 30.6 Å². The number of anilines is 1. The molecule has 1 aliphatic rings. The van der Waals surface area contributed by atoms with Crippen molar-refractivity contribution in [3.05, 3.63) is 49.8 Å². The van der Waals surface area contributed by atoms with Gasteiger partial charge >= 0.3 is 17.8 Å². The van der Waals surface area contributed by atoms with Crippen LogP contribution in [0.2, 0.25) is 10.0 Å².